The quantitative estimate of drug-likeness (QED) is 0.598. The molecule has 3 aromatic rings. The lowest BCUT2D eigenvalue weighted by molar-refractivity contribution is 0.00578. The summed E-state index contributed by atoms with van der Waals surface area (Å²) in [6, 6.07) is 3.64. The Bertz CT molecular complexity index is 1040. The van der Waals surface area contributed by atoms with Gasteiger partial charge >= 0.3 is 7.12 Å². The van der Waals surface area contributed by atoms with Gasteiger partial charge in [0.25, 0.3) is 0 Å². The molecule has 9 nitrogen and oxygen atoms in total. The lowest BCUT2D eigenvalue weighted by Crippen LogP contribution is -2.41. The summed E-state index contributed by atoms with van der Waals surface area (Å²) in [6.45, 7) is 10.2. The number of nitrogens with zero attached hydrogens (tertiary/aromatic N) is 4. The van der Waals surface area contributed by atoms with E-state index in [1.165, 1.54) is 6.33 Å². The fraction of sp³-hybridized carbons (Fsp3) is 0.500. The zero-order valence-corrected chi connectivity index (χ0v) is 18.2. The summed E-state index contributed by atoms with van der Waals surface area (Å²) in [6.07, 6.45) is 3.85. The number of hydrogen-bond acceptors (Lipinski definition) is 8. The second kappa shape index (κ2) is 7.52. The highest BCUT2D eigenvalue weighted by molar-refractivity contribution is 6.61. The third-order valence-corrected chi connectivity index (χ3v) is 5.89. The molecular formula is C20H27BN6O3. The van der Waals surface area contributed by atoms with Crippen LogP contribution in [0.4, 0.5) is 5.82 Å². The van der Waals surface area contributed by atoms with Crippen molar-refractivity contribution >= 4 is 29.7 Å². The van der Waals surface area contributed by atoms with Gasteiger partial charge in [0.1, 0.15) is 23.3 Å². The van der Waals surface area contributed by atoms with Crippen molar-refractivity contribution in [3.63, 3.8) is 0 Å². The number of rotatable bonds is 6. The van der Waals surface area contributed by atoms with Crippen molar-refractivity contribution in [2.75, 3.05) is 12.4 Å². The van der Waals surface area contributed by atoms with Gasteiger partial charge in [-0.25, -0.2) is 15.0 Å². The molecule has 0 aliphatic carbocycles. The summed E-state index contributed by atoms with van der Waals surface area (Å²) in [7, 11) is 1.09. The van der Waals surface area contributed by atoms with E-state index in [0.717, 1.165) is 17.6 Å². The molecular weight excluding hydrogens is 383 g/mol. The minimum atomic E-state index is -0.546. The number of fused-ring (bicyclic) bond motifs is 1. The summed E-state index contributed by atoms with van der Waals surface area (Å²) >= 11 is 0. The zero-order chi connectivity index (χ0) is 21.5. The molecule has 0 radical (unpaired) electrons. The fourth-order valence-electron chi connectivity index (χ4n) is 3.40. The number of H-pyrrole nitrogens is 1. The number of ether oxygens (including phenoxy) is 1. The number of aromatic nitrogens is 5. The Balaban J connectivity index is 1.68. The molecule has 0 saturated carbocycles. The van der Waals surface area contributed by atoms with Gasteiger partial charge in [0.2, 0.25) is 0 Å². The maximum atomic E-state index is 6.18. The fourth-order valence-corrected chi connectivity index (χ4v) is 3.40. The van der Waals surface area contributed by atoms with E-state index in [2.05, 4.69) is 32.2 Å². The standard InChI is InChI=1S/C20H27BN6O3/c1-7-12(26-18-16-17(23-10-22-16)24-11-25-18)15-13(28-6)8-9-14(27-15)21-29-19(2,3)20(4,5)30-21/h8-12H,7H2,1-6H3,(H2,22,23,24,25,26). The molecule has 10 heteroatoms. The molecule has 0 bridgehead atoms. The number of imidazole rings is 1. The van der Waals surface area contributed by atoms with Crippen molar-refractivity contribution in [1.29, 1.82) is 0 Å². The summed E-state index contributed by atoms with van der Waals surface area (Å²) in [5.74, 6) is 1.35. The van der Waals surface area contributed by atoms with E-state index in [1.807, 2.05) is 39.8 Å². The summed E-state index contributed by atoms with van der Waals surface area (Å²) < 4.78 is 18.0. The van der Waals surface area contributed by atoms with Crippen LogP contribution in [0.25, 0.3) is 11.2 Å². The van der Waals surface area contributed by atoms with Gasteiger partial charge in [-0.2, -0.15) is 0 Å². The molecule has 4 heterocycles. The van der Waals surface area contributed by atoms with E-state index in [-0.39, 0.29) is 6.04 Å². The zero-order valence-electron chi connectivity index (χ0n) is 18.2. The molecule has 0 amide bonds. The molecule has 30 heavy (non-hydrogen) atoms. The highest BCUT2D eigenvalue weighted by atomic mass is 16.7. The van der Waals surface area contributed by atoms with Gasteiger partial charge in [0.15, 0.2) is 11.5 Å². The predicted octanol–water partition coefficient (Wildman–Crippen LogP) is 2.62. The van der Waals surface area contributed by atoms with Gasteiger partial charge in [-0.3, -0.25) is 4.98 Å². The predicted molar refractivity (Wildman–Crippen MR) is 115 cm³/mol. The number of nitrogens with one attached hydrogen (secondary N) is 2. The lowest BCUT2D eigenvalue weighted by atomic mass is 9.83. The number of aromatic amines is 1. The molecule has 1 unspecified atom stereocenters. The first-order valence-corrected chi connectivity index (χ1v) is 10.1. The highest BCUT2D eigenvalue weighted by Crippen LogP contribution is 2.37. The van der Waals surface area contributed by atoms with E-state index < -0.39 is 18.3 Å². The number of methoxy groups -OCH3 is 1. The minimum Gasteiger partial charge on any atom is -0.495 e. The number of pyridine rings is 1. The summed E-state index contributed by atoms with van der Waals surface area (Å²) in [5, 5.41) is 3.45. The van der Waals surface area contributed by atoms with E-state index in [9.17, 15) is 0 Å². The normalized spacial score (nSPS) is 18.5. The van der Waals surface area contributed by atoms with E-state index >= 15 is 0 Å². The van der Waals surface area contributed by atoms with Crippen LogP contribution >= 0.6 is 0 Å². The molecule has 1 atom stereocenters. The first-order chi connectivity index (χ1) is 14.3. The molecule has 158 valence electrons. The van der Waals surface area contributed by atoms with Crippen LogP contribution in [0.15, 0.2) is 24.8 Å². The first kappa shape index (κ1) is 20.6. The average Bonchev–Trinajstić information content (AvgIpc) is 3.28. The smallest absolute Gasteiger partial charge is 0.495 e. The molecule has 1 fully saturated rings. The van der Waals surface area contributed by atoms with Crippen LogP contribution < -0.4 is 15.6 Å². The van der Waals surface area contributed by atoms with Gasteiger partial charge < -0.3 is 24.3 Å². The van der Waals surface area contributed by atoms with E-state index in [4.69, 9.17) is 19.0 Å². The lowest BCUT2D eigenvalue weighted by Gasteiger charge is -2.32. The van der Waals surface area contributed by atoms with Crippen molar-refractivity contribution in [1.82, 2.24) is 24.9 Å². The van der Waals surface area contributed by atoms with Crippen molar-refractivity contribution in [2.24, 2.45) is 0 Å². The third kappa shape index (κ3) is 3.50. The van der Waals surface area contributed by atoms with Crippen LogP contribution in [0.5, 0.6) is 5.75 Å². The van der Waals surface area contributed by atoms with Gasteiger partial charge in [0, 0.05) is 0 Å². The van der Waals surface area contributed by atoms with Crippen LogP contribution in [0, 0.1) is 0 Å². The molecule has 2 N–H and O–H groups in total. The van der Waals surface area contributed by atoms with Gasteiger partial charge in [-0.1, -0.05) is 6.92 Å². The Morgan fingerprint density at radius 1 is 1.13 bits per heavy atom. The van der Waals surface area contributed by atoms with Crippen LogP contribution in [0.3, 0.4) is 0 Å². The number of anilines is 1. The molecule has 4 rings (SSSR count). The maximum Gasteiger partial charge on any atom is 0.514 e. The van der Waals surface area contributed by atoms with Crippen molar-refractivity contribution in [2.45, 2.75) is 58.3 Å². The molecule has 1 saturated heterocycles. The van der Waals surface area contributed by atoms with E-state index in [1.54, 1.807) is 13.4 Å². The second-order valence-electron chi connectivity index (χ2n) is 8.34. The molecule has 1 aliphatic heterocycles. The van der Waals surface area contributed by atoms with Gasteiger partial charge in [-0.15, -0.1) is 0 Å². The Labute approximate surface area is 176 Å². The number of hydrogen-bond donors (Lipinski definition) is 2. The van der Waals surface area contributed by atoms with Gasteiger partial charge in [0.05, 0.1) is 36.3 Å². The first-order valence-electron chi connectivity index (χ1n) is 10.1. The van der Waals surface area contributed by atoms with Gasteiger partial charge in [-0.05, 0) is 46.2 Å². The Morgan fingerprint density at radius 3 is 2.53 bits per heavy atom. The average molecular weight is 410 g/mol. The van der Waals surface area contributed by atoms with Crippen molar-refractivity contribution in [3.8, 4) is 5.75 Å². The molecule has 1 aliphatic rings. The minimum absolute atomic E-state index is 0.149. The van der Waals surface area contributed by atoms with E-state index in [0.29, 0.717) is 22.8 Å². The monoisotopic (exact) mass is 410 g/mol. The third-order valence-electron chi connectivity index (χ3n) is 5.89. The van der Waals surface area contributed by atoms with Crippen LogP contribution in [0.2, 0.25) is 0 Å². The molecule has 0 aromatic carbocycles. The van der Waals surface area contributed by atoms with Crippen LogP contribution in [-0.2, 0) is 9.31 Å². The largest absolute Gasteiger partial charge is 0.514 e. The Morgan fingerprint density at radius 2 is 1.87 bits per heavy atom. The van der Waals surface area contributed by atoms with Crippen molar-refractivity contribution < 1.29 is 14.0 Å². The second-order valence-corrected chi connectivity index (χ2v) is 8.34. The Hall–Kier alpha value is -2.72. The molecule has 0 spiro atoms. The van der Waals surface area contributed by atoms with Crippen LogP contribution in [-0.4, -0.2) is 50.4 Å². The Kier molecular flexibility index (Phi) is 5.15. The highest BCUT2D eigenvalue weighted by Gasteiger charge is 2.52. The SMILES string of the molecule is CCC(Nc1ncnc2nc[nH]c12)c1nc(B2OC(C)(C)C(C)(C)O2)ccc1OC. The summed E-state index contributed by atoms with van der Waals surface area (Å²) in [4.78, 5) is 20.7. The van der Waals surface area contributed by atoms with Crippen LogP contribution in [0.1, 0.15) is 52.8 Å². The summed E-state index contributed by atoms with van der Waals surface area (Å²) in [5.41, 5.74) is 1.95. The topological polar surface area (TPSA) is 107 Å². The van der Waals surface area contributed by atoms with Crippen molar-refractivity contribution in [3.05, 3.63) is 30.5 Å². The molecule has 3 aromatic heterocycles. The maximum absolute atomic E-state index is 6.18.